The number of ketones is 1. The van der Waals surface area contributed by atoms with Gasteiger partial charge in [0.1, 0.15) is 0 Å². The molecular weight excluding hydrogens is 251 g/mol. The Labute approximate surface area is 100 Å². The van der Waals surface area contributed by atoms with Gasteiger partial charge in [-0.25, -0.2) is 0 Å². The molecule has 17 heavy (non-hydrogen) atoms. The molecule has 0 radical (unpaired) electrons. The highest BCUT2D eigenvalue weighted by molar-refractivity contribution is 8.00. The summed E-state index contributed by atoms with van der Waals surface area (Å²) in [6, 6.07) is 7.28. The molecule has 0 atom stereocenters. The smallest absolute Gasteiger partial charge is 0.298 e. The van der Waals surface area contributed by atoms with Crippen LogP contribution in [0.3, 0.4) is 0 Å². The highest BCUT2D eigenvalue weighted by Gasteiger charge is 2.28. The summed E-state index contributed by atoms with van der Waals surface area (Å²) in [7, 11) is 0. The largest absolute Gasteiger partial charge is 0.446 e. The number of thioether (sulfide) groups is 1. The minimum Gasteiger partial charge on any atom is -0.298 e. The molecule has 0 aliphatic carbocycles. The van der Waals surface area contributed by atoms with Crippen molar-refractivity contribution in [2.75, 3.05) is 0 Å². The predicted octanol–water partition coefficient (Wildman–Crippen LogP) is 3.32. The first-order valence-corrected chi connectivity index (χ1v) is 5.46. The third-order valence-electron chi connectivity index (χ3n) is 1.83. The van der Waals surface area contributed by atoms with Crippen molar-refractivity contribution in [3.8, 4) is 6.07 Å². The lowest BCUT2D eigenvalue weighted by atomic mass is 10.1. The van der Waals surface area contributed by atoms with Crippen LogP contribution in [0.5, 0.6) is 0 Å². The summed E-state index contributed by atoms with van der Waals surface area (Å²) in [5.41, 5.74) is -3.70. The molecular formula is C11H8F3NOS. The number of hydrogen-bond acceptors (Lipinski definition) is 3. The lowest BCUT2D eigenvalue weighted by molar-refractivity contribution is -0.117. The molecule has 0 saturated heterocycles. The zero-order chi connectivity index (χ0) is 12.9. The van der Waals surface area contributed by atoms with Crippen molar-refractivity contribution in [2.24, 2.45) is 0 Å². The molecule has 0 heterocycles. The van der Waals surface area contributed by atoms with Crippen LogP contribution >= 0.6 is 11.8 Å². The topological polar surface area (TPSA) is 40.9 Å². The van der Waals surface area contributed by atoms with Gasteiger partial charge in [0.05, 0.1) is 12.5 Å². The zero-order valence-corrected chi connectivity index (χ0v) is 9.44. The maximum atomic E-state index is 12.0. The molecule has 0 bridgehead atoms. The normalized spacial score (nSPS) is 10.9. The fourth-order valence-electron chi connectivity index (χ4n) is 1.19. The molecule has 0 aromatic heterocycles. The van der Waals surface area contributed by atoms with Gasteiger partial charge in [-0.1, -0.05) is 12.1 Å². The number of alkyl halides is 3. The maximum absolute atomic E-state index is 12.0. The Morgan fingerprint density at radius 1 is 1.29 bits per heavy atom. The molecule has 90 valence electrons. The summed E-state index contributed by atoms with van der Waals surface area (Å²) >= 11 is -0.199. The number of Topliss-reactive ketones (excluding diaryl/α,β-unsaturated/α-hetero) is 1. The Balaban J connectivity index is 2.63. The van der Waals surface area contributed by atoms with E-state index >= 15 is 0 Å². The number of hydrogen-bond donors (Lipinski definition) is 0. The first-order valence-electron chi connectivity index (χ1n) is 4.64. The first kappa shape index (κ1) is 13.6. The summed E-state index contributed by atoms with van der Waals surface area (Å²) in [6.45, 7) is 0. The third-order valence-corrected chi connectivity index (χ3v) is 2.57. The van der Waals surface area contributed by atoms with Crippen LogP contribution in [0.1, 0.15) is 12.0 Å². The van der Waals surface area contributed by atoms with E-state index in [1.165, 1.54) is 24.3 Å². The summed E-state index contributed by atoms with van der Waals surface area (Å²) in [5.74, 6) is -0.247. The number of rotatable bonds is 4. The van der Waals surface area contributed by atoms with Crippen LogP contribution < -0.4 is 0 Å². The van der Waals surface area contributed by atoms with E-state index in [4.69, 9.17) is 5.26 Å². The van der Waals surface area contributed by atoms with Gasteiger partial charge >= 0.3 is 5.51 Å². The van der Waals surface area contributed by atoms with Crippen LogP contribution in [0.4, 0.5) is 13.2 Å². The van der Waals surface area contributed by atoms with Crippen LogP contribution in [0.25, 0.3) is 0 Å². The molecule has 0 N–H and O–H groups in total. The van der Waals surface area contributed by atoms with Crippen molar-refractivity contribution in [3.63, 3.8) is 0 Å². The lowest BCUT2D eigenvalue weighted by Crippen LogP contribution is -2.01. The van der Waals surface area contributed by atoms with E-state index < -0.39 is 5.51 Å². The van der Waals surface area contributed by atoms with Gasteiger partial charge in [0.15, 0.2) is 5.78 Å². The van der Waals surface area contributed by atoms with E-state index in [0.717, 1.165) is 0 Å². The van der Waals surface area contributed by atoms with Gasteiger partial charge in [0.25, 0.3) is 0 Å². The maximum Gasteiger partial charge on any atom is 0.446 e. The Kier molecular flexibility index (Phi) is 4.58. The monoisotopic (exact) mass is 259 g/mol. The molecule has 0 fully saturated rings. The average Bonchev–Trinajstić information content (AvgIpc) is 2.19. The minimum absolute atomic E-state index is 0.0739. The lowest BCUT2D eigenvalue weighted by Gasteiger charge is -2.05. The van der Waals surface area contributed by atoms with Crippen molar-refractivity contribution in [1.29, 1.82) is 5.26 Å². The van der Waals surface area contributed by atoms with Gasteiger partial charge in [0, 0.05) is 11.3 Å². The van der Waals surface area contributed by atoms with Gasteiger partial charge in [-0.3, -0.25) is 4.79 Å². The molecule has 1 aromatic carbocycles. The molecule has 0 saturated carbocycles. The van der Waals surface area contributed by atoms with E-state index in [2.05, 4.69) is 0 Å². The van der Waals surface area contributed by atoms with Gasteiger partial charge in [-0.2, -0.15) is 18.4 Å². The second-order valence-corrected chi connectivity index (χ2v) is 4.38. The molecule has 6 heteroatoms. The molecule has 0 unspecified atom stereocenters. The zero-order valence-electron chi connectivity index (χ0n) is 8.62. The highest BCUT2D eigenvalue weighted by Crippen LogP contribution is 2.36. The standard InChI is InChI=1S/C11H8F3NOS/c12-11(13,14)17-10-3-1-8(2-4-10)7-9(16)5-6-15/h1-4H,5,7H2. The van der Waals surface area contributed by atoms with E-state index in [9.17, 15) is 18.0 Å². The number of nitrogens with zero attached hydrogens (tertiary/aromatic N) is 1. The number of halogens is 3. The third kappa shape index (κ3) is 5.41. The van der Waals surface area contributed by atoms with Crippen molar-refractivity contribution in [1.82, 2.24) is 0 Å². The van der Waals surface area contributed by atoms with Gasteiger partial charge in [0.2, 0.25) is 0 Å². The van der Waals surface area contributed by atoms with E-state index in [-0.39, 0.29) is 35.3 Å². The minimum atomic E-state index is -4.31. The second-order valence-electron chi connectivity index (χ2n) is 3.24. The number of benzene rings is 1. The molecule has 0 amide bonds. The Morgan fingerprint density at radius 3 is 2.35 bits per heavy atom. The predicted molar refractivity (Wildman–Crippen MR) is 57.3 cm³/mol. The molecule has 1 aromatic rings. The quantitative estimate of drug-likeness (QED) is 0.779. The molecule has 2 nitrogen and oxygen atoms in total. The van der Waals surface area contributed by atoms with Crippen molar-refractivity contribution < 1.29 is 18.0 Å². The van der Waals surface area contributed by atoms with E-state index in [1.54, 1.807) is 6.07 Å². The molecule has 0 aliphatic heterocycles. The Morgan fingerprint density at radius 2 is 1.88 bits per heavy atom. The van der Waals surface area contributed by atoms with E-state index in [0.29, 0.717) is 5.56 Å². The number of nitriles is 1. The van der Waals surface area contributed by atoms with Crippen molar-refractivity contribution >= 4 is 17.5 Å². The summed E-state index contributed by atoms with van der Waals surface area (Å²) in [4.78, 5) is 11.2. The van der Waals surface area contributed by atoms with Gasteiger partial charge in [-0.05, 0) is 29.5 Å². The van der Waals surface area contributed by atoms with Crippen LogP contribution in [0.2, 0.25) is 0 Å². The van der Waals surface area contributed by atoms with Gasteiger partial charge < -0.3 is 0 Å². The second kappa shape index (κ2) is 5.73. The van der Waals surface area contributed by atoms with Crippen LogP contribution in [0, 0.1) is 11.3 Å². The van der Waals surface area contributed by atoms with Crippen LogP contribution in [0.15, 0.2) is 29.2 Å². The van der Waals surface area contributed by atoms with E-state index in [1.807, 2.05) is 0 Å². The van der Waals surface area contributed by atoms with Crippen LogP contribution in [-0.4, -0.2) is 11.3 Å². The average molecular weight is 259 g/mol. The fourth-order valence-corrected chi connectivity index (χ4v) is 1.73. The molecule has 0 aliphatic rings. The van der Waals surface area contributed by atoms with Crippen LogP contribution in [-0.2, 0) is 11.2 Å². The SMILES string of the molecule is N#CCC(=O)Cc1ccc(SC(F)(F)F)cc1. The summed E-state index contributed by atoms with van der Waals surface area (Å²) in [5, 5.41) is 8.29. The Bertz CT molecular complexity index is 434. The van der Waals surface area contributed by atoms with Crippen molar-refractivity contribution in [2.45, 2.75) is 23.2 Å². The first-order chi connectivity index (χ1) is 7.90. The summed E-state index contributed by atoms with van der Waals surface area (Å²) < 4.78 is 36.1. The van der Waals surface area contributed by atoms with Crippen molar-refractivity contribution in [3.05, 3.63) is 29.8 Å². The fraction of sp³-hybridized carbons (Fsp3) is 0.273. The number of carbonyl (C=O) groups is 1. The molecule has 0 spiro atoms. The highest BCUT2D eigenvalue weighted by atomic mass is 32.2. The molecule has 1 rings (SSSR count). The number of carbonyl (C=O) groups excluding carboxylic acids is 1. The van der Waals surface area contributed by atoms with Gasteiger partial charge in [-0.15, -0.1) is 0 Å². The Hall–Kier alpha value is -1.48. The summed E-state index contributed by atoms with van der Waals surface area (Å²) in [6.07, 6.45) is -0.108.